The zero-order chi connectivity index (χ0) is 7.61. The van der Waals surface area contributed by atoms with Crippen LogP contribution in [0.3, 0.4) is 0 Å². The summed E-state index contributed by atoms with van der Waals surface area (Å²) in [7, 11) is 0. The van der Waals surface area contributed by atoms with E-state index in [1.165, 1.54) is 0 Å². The summed E-state index contributed by atoms with van der Waals surface area (Å²) in [6.07, 6.45) is 3.19. The molecule has 0 bridgehead atoms. The Bertz CT molecular complexity index is 186. The van der Waals surface area contributed by atoms with Crippen LogP contribution in [0.15, 0.2) is 4.52 Å². The molecule has 1 aromatic rings. The highest BCUT2D eigenvalue weighted by Crippen LogP contribution is 2.18. The molecule has 0 N–H and O–H groups in total. The van der Waals surface area contributed by atoms with E-state index in [9.17, 15) is 0 Å². The van der Waals surface area contributed by atoms with Crippen LogP contribution in [0.2, 0.25) is 0 Å². The van der Waals surface area contributed by atoms with Crippen LogP contribution in [0.25, 0.3) is 0 Å². The molecule has 0 fully saturated rings. The summed E-state index contributed by atoms with van der Waals surface area (Å²) < 4.78 is 4.79. The van der Waals surface area contributed by atoms with Gasteiger partial charge in [-0.15, -0.1) is 0 Å². The second kappa shape index (κ2) is 2.40. The minimum atomic E-state index is 0.209. The Hall–Kier alpha value is -0.860. The van der Waals surface area contributed by atoms with Crippen molar-refractivity contribution in [1.29, 1.82) is 0 Å². The van der Waals surface area contributed by atoms with Gasteiger partial charge in [0.05, 0.1) is 0 Å². The van der Waals surface area contributed by atoms with Crippen LogP contribution in [0.4, 0.5) is 0 Å². The molecule has 0 amide bonds. The van der Waals surface area contributed by atoms with E-state index in [0.29, 0.717) is 5.89 Å². The number of hydrogen-bond acceptors (Lipinski definition) is 3. The van der Waals surface area contributed by atoms with Gasteiger partial charge in [0.25, 0.3) is 0 Å². The van der Waals surface area contributed by atoms with Gasteiger partial charge in [-0.25, -0.2) is 0 Å². The van der Waals surface area contributed by atoms with E-state index in [1.54, 1.807) is 0 Å². The molecule has 10 heavy (non-hydrogen) atoms. The first kappa shape index (κ1) is 7.25. The van der Waals surface area contributed by atoms with E-state index in [0.717, 1.165) is 6.42 Å². The SMILES string of the molecule is CC(C)(C)Cc1n[c]no1. The largest absolute Gasteiger partial charge is 0.339 e. The third kappa shape index (κ3) is 2.17. The monoisotopic (exact) mass is 139 g/mol. The fraction of sp³-hybridized carbons (Fsp3) is 0.714. The second-order valence-electron chi connectivity index (χ2n) is 3.53. The Morgan fingerprint density at radius 3 is 2.60 bits per heavy atom. The maximum Gasteiger partial charge on any atom is 0.243 e. The molecule has 1 radical (unpaired) electrons. The Balaban J connectivity index is 2.57. The molecular formula is C7H11N2O. The molecule has 1 aromatic heterocycles. The van der Waals surface area contributed by atoms with Crippen molar-refractivity contribution in [2.75, 3.05) is 0 Å². The molecular weight excluding hydrogens is 128 g/mol. The molecule has 0 aliphatic heterocycles. The molecule has 55 valence electrons. The molecule has 0 aliphatic rings. The highest BCUT2D eigenvalue weighted by atomic mass is 16.5. The molecule has 3 nitrogen and oxygen atoms in total. The summed E-state index contributed by atoms with van der Waals surface area (Å²) in [6, 6.07) is 0. The van der Waals surface area contributed by atoms with Gasteiger partial charge in [0.2, 0.25) is 12.2 Å². The summed E-state index contributed by atoms with van der Waals surface area (Å²) >= 11 is 0. The van der Waals surface area contributed by atoms with Crippen molar-refractivity contribution in [1.82, 2.24) is 10.1 Å². The van der Waals surface area contributed by atoms with Crippen LogP contribution < -0.4 is 0 Å². The normalized spacial score (nSPS) is 11.9. The zero-order valence-electron chi connectivity index (χ0n) is 6.51. The molecule has 0 unspecified atom stereocenters. The Morgan fingerprint density at radius 2 is 2.20 bits per heavy atom. The molecule has 0 aromatic carbocycles. The third-order valence-electron chi connectivity index (χ3n) is 1.05. The Kier molecular flexibility index (Phi) is 1.74. The maximum absolute atomic E-state index is 4.79. The van der Waals surface area contributed by atoms with Crippen molar-refractivity contribution in [2.45, 2.75) is 27.2 Å². The predicted octanol–water partition coefficient (Wildman–Crippen LogP) is 1.46. The summed E-state index contributed by atoms with van der Waals surface area (Å²) in [5.41, 5.74) is 0.209. The highest BCUT2D eigenvalue weighted by Gasteiger charge is 2.14. The topological polar surface area (TPSA) is 38.9 Å². The Labute approximate surface area is 60.4 Å². The summed E-state index contributed by atoms with van der Waals surface area (Å²) in [6.45, 7) is 6.37. The fourth-order valence-electron chi connectivity index (χ4n) is 0.695. The van der Waals surface area contributed by atoms with Gasteiger partial charge < -0.3 is 4.52 Å². The lowest BCUT2D eigenvalue weighted by Crippen LogP contribution is -2.09. The van der Waals surface area contributed by atoms with Gasteiger partial charge in [0, 0.05) is 6.42 Å². The zero-order valence-corrected chi connectivity index (χ0v) is 6.51. The fourth-order valence-corrected chi connectivity index (χ4v) is 0.695. The highest BCUT2D eigenvalue weighted by molar-refractivity contribution is 4.80. The molecule has 0 saturated carbocycles. The summed E-state index contributed by atoms with van der Waals surface area (Å²) in [5.74, 6) is 0.660. The van der Waals surface area contributed by atoms with Crippen molar-refractivity contribution in [3.63, 3.8) is 0 Å². The van der Waals surface area contributed by atoms with Crippen LogP contribution >= 0.6 is 0 Å². The third-order valence-corrected chi connectivity index (χ3v) is 1.05. The van der Waals surface area contributed by atoms with E-state index in [1.807, 2.05) is 0 Å². The standard InChI is InChI=1S/C7H11N2O/c1-7(2,3)4-6-8-5-9-10-6/h4H2,1-3H3. The lowest BCUT2D eigenvalue weighted by Gasteiger charge is -2.13. The van der Waals surface area contributed by atoms with E-state index in [2.05, 4.69) is 37.2 Å². The molecule has 0 saturated heterocycles. The first-order valence-corrected chi connectivity index (χ1v) is 3.26. The summed E-state index contributed by atoms with van der Waals surface area (Å²) in [5, 5.41) is 3.40. The van der Waals surface area contributed by atoms with Gasteiger partial charge in [-0.05, 0) is 5.41 Å². The van der Waals surface area contributed by atoms with Crippen LogP contribution in [0.1, 0.15) is 26.7 Å². The van der Waals surface area contributed by atoms with Crippen molar-refractivity contribution in [3.05, 3.63) is 12.2 Å². The van der Waals surface area contributed by atoms with E-state index in [-0.39, 0.29) is 5.41 Å². The minimum absolute atomic E-state index is 0.209. The summed E-state index contributed by atoms with van der Waals surface area (Å²) in [4.78, 5) is 3.80. The first-order valence-electron chi connectivity index (χ1n) is 3.26. The minimum Gasteiger partial charge on any atom is -0.339 e. The van der Waals surface area contributed by atoms with Crippen molar-refractivity contribution < 1.29 is 4.52 Å². The average molecular weight is 139 g/mol. The quantitative estimate of drug-likeness (QED) is 0.591. The maximum atomic E-state index is 4.79. The van der Waals surface area contributed by atoms with Gasteiger partial charge in [-0.2, -0.15) is 4.98 Å². The van der Waals surface area contributed by atoms with Gasteiger partial charge >= 0.3 is 0 Å². The number of nitrogens with zero attached hydrogens (tertiary/aromatic N) is 2. The van der Waals surface area contributed by atoms with Gasteiger partial charge in [0.15, 0.2) is 0 Å². The van der Waals surface area contributed by atoms with Gasteiger partial charge in [-0.1, -0.05) is 25.9 Å². The number of hydrogen-bond donors (Lipinski definition) is 0. The van der Waals surface area contributed by atoms with E-state index in [4.69, 9.17) is 4.52 Å². The van der Waals surface area contributed by atoms with Crippen molar-refractivity contribution in [3.8, 4) is 0 Å². The Morgan fingerprint density at radius 1 is 1.50 bits per heavy atom. The van der Waals surface area contributed by atoms with E-state index >= 15 is 0 Å². The number of aromatic nitrogens is 2. The lowest BCUT2D eigenvalue weighted by atomic mass is 9.92. The predicted molar refractivity (Wildman–Crippen MR) is 36.3 cm³/mol. The first-order chi connectivity index (χ1) is 4.58. The van der Waals surface area contributed by atoms with Crippen molar-refractivity contribution >= 4 is 0 Å². The van der Waals surface area contributed by atoms with Crippen LogP contribution in [0, 0.1) is 11.7 Å². The second-order valence-corrected chi connectivity index (χ2v) is 3.53. The van der Waals surface area contributed by atoms with Crippen LogP contribution in [-0.2, 0) is 6.42 Å². The molecule has 0 aliphatic carbocycles. The lowest BCUT2D eigenvalue weighted by molar-refractivity contribution is 0.313. The molecule has 1 rings (SSSR count). The molecule has 3 heteroatoms. The van der Waals surface area contributed by atoms with E-state index < -0.39 is 0 Å². The smallest absolute Gasteiger partial charge is 0.243 e. The molecule has 1 heterocycles. The number of rotatable bonds is 1. The van der Waals surface area contributed by atoms with Gasteiger partial charge in [0.1, 0.15) is 0 Å². The molecule has 0 spiro atoms. The van der Waals surface area contributed by atoms with Crippen LogP contribution in [-0.4, -0.2) is 10.1 Å². The van der Waals surface area contributed by atoms with Crippen LogP contribution in [0.5, 0.6) is 0 Å². The van der Waals surface area contributed by atoms with Crippen molar-refractivity contribution in [2.24, 2.45) is 5.41 Å². The average Bonchev–Trinajstić information content (AvgIpc) is 2.12. The van der Waals surface area contributed by atoms with Gasteiger partial charge in [-0.3, -0.25) is 0 Å². The molecule has 0 atom stereocenters.